The second-order valence-electron chi connectivity index (χ2n) is 4.48. The molecule has 108 valence electrons. The van der Waals surface area contributed by atoms with Crippen molar-refractivity contribution < 1.29 is 9.59 Å². The molecule has 2 rings (SSSR count). The number of hydrogen-bond acceptors (Lipinski definition) is 3. The van der Waals surface area contributed by atoms with Gasteiger partial charge in [-0.2, -0.15) is 0 Å². The van der Waals surface area contributed by atoms with E-state index in [0.717, 1.165) is 0 Å². The molecule has 0 spiro atoms. The van der Waals surface area contributed by atoms with Crippen LogP contribution < -0.4 is 10.6 Å². The topological polar surface area (TPSA) is 71.1 Å². The Balaban J connectivity index is 2.08. The van der Waals surface area contributed by atoms with E-state index in [-0.39, 0.29) is 5.78 Å². The highest BCUT2D eigenvalue weighted by Crippen LogP contribution is 2.16. The van der Waals surface area contributed by atoms with E-state index in [2.05, 4.69) is 15.6 Å². The van der Waals surface area contributed by atoms with E-state index in [1.807, 2.05) is 0 Å². The molecule has 2 amide bonds. The number of rotatable bonds is 3. The molecule has 0 aliphatic rings. The molecular formula is C15H14ClN3O2. The molecule has 21 heavy (non-hydrogen) atoms. The van der Waals surface area contributed by atoms with Crippen LogP contribution in [0.2, 0.25) is 5.15 Å². The van der Waals surface area contributed by atoms with Crippen molar-refractivity contribution in [1.29, 1.82) is 0 Å². The Hall–Kier alpha value is -2.40. The number of aromatic nitrogens is 1. The van der Waals surface area contributed by atoms with Gasteiger partial charge in [-0.25, -0.2) is 9.78 Å². The van der Waals surface area contributed by atoms with Gasteiger partial charge in [0.2, 0.25) is 0 Å². The number of hydrogen-bond donors (Lipinski definition) is 2. The number of urea groups is 1. The number of benzene rings is 1. The molecular weight excluding hydrogens is 290 g/mol. The van der Waals surface area contributed by atoms with Crippen LogP contribution in [0.4, 0.5) is 16.2 Å². The fourth-order valence-electron chi connectivity index (χ4n) is 1.76. The molecule has 0 saturated heterocycles. The first kappa shape index (κ1) is 15.0. The van der Waals surface area contributed by atoms with Crippen LogP contribution in [0, 0.1) is 6.92 Å². The van der Waals surface area contributed by atoms with Crippen molar-refractivity contribution in [2.24, 2.45) is 0 Å². The first-order chi connectivity index (χ1) is 9.95. The van der Waals surface area contributed by atoms with Crippen LogP contribution >= 0.6 is 11.6 Å². The van der Waals surface area contributed by atoms with E-state index in [0.29, 0.717) is 27.8 Å². The van der Waals surface area contributed by atoms with E-state index in [1.165, 1.54) is 6.92 Å². The third-order valence-corrected chi connectivity index (χ3v) is 3.04. The van der Waals surface area contributed by atoms with Gasteiger partial charge in [0.25, 0.3) is 0 Å². The van der Waals surface area contributed by atoms with E-state index in [4.69, 9.17) is 11.6 Å². The van der Waals surface area contributed by atoms with Crippen molar-refractivity contribution in [3.05, 3.63) is 52.8 Å². The molecule has 1 heterocycles. The monoisotopic (exact) mass is 303 g/mol. The summed E-state index contributed by atoms with van der Waals surface area (Å²) in [6.45, 7) is 3.22. The van der Waals surface area contributed by atoms with Gasteiger partial charge in [0.05, 0.1) is 11.4 Å². The lowest BCUT2D eigenvalue weighted by atomic mass is 10.1. The molecule has 0 radical (unpaired) electrons. The maximum Gasteiger partial charge on any atom is 0.323 e. The second-order valence-corrected chi connectivity index (χ2v) is 4.87. The van der Waals surface area contributed by atoms with Crippen molar-refractivity contribution >= 4 is 34.8 Å². The Morgan fingerprint density at radius 3 is 2.57 bits per heavy atom. The molecule has 0 saturated carbocycles. The summed E-state index contributed by atoms with van der Waals surface area (Å²) in [6, 6.07) is 9.59. The minimum atomic E-state index is -0.414. The summed E-state index contributed by atoms with van der Waals surface area (Å²) in [5, 5.41) is 5.71. The van der Waals surface area contributed by atoms with Crippen LogP contribution in [0.3, 0.4) is 0 Å². The lowest BCUT2D eigenvalue weighted by molar-refractivity contribution is 0.101. The first-order valence-corrected chi connectivity index (χ1v) is 6.65. The van der Waals surface area contributed by atoms with Gasteiger partial charge in [0.15, 0.2) is 5.78 Å². The molecule has 0 bridgehead atoms. The summed E-state index contributed by atoms with van der Waals surface area (Å²) in [6.07, 6.45) is 0. The SMILES string of the molecule is CC(=O)c1cccc(NC(=O)Nc2ccc(Cl)nc2C)c1. The molecule has 0 atom stereocenters. The van der Waals surface area contributed by atoms with Gasteiger partial charge in [-0.3, -0.25) is 4.79 Å². The predicted molar refractivity (Wildman–Crippen MR) is 83.1 cm³/mol. The molecule has 0 unspecified atom stereocenters. The van der Waals surface area contributed by atoms with E-state index >= 15 is 0 Å². The molecule has 0 aliphatic heterocycles. The molecule has 1 aromatic carbocycles. The lowest BCUT2D eigenvalue weighted by Crippen LogP contribution is -2.20. The Morgan fingerprint density at radius 1 is 1.14 bits per heavy atom. The molecule has 2 N–H and O–H groups in total. The standard InChI is InChI=1S/C15H14ClN3O2/c1-9-13(6-7-14(16)17-9)19-15(21)18-12-5-3-4-11(8-12)10(2)20/h3-8H,1-2H3,(H2,18,19,21). The number of amides is 2. The molecule has 0 aliphatic carbocycles. The van der Waals surface area contributed by atoms with Gasteiger partial charge < -0.3 is 10.6 Å². The van der Waals surface area contributed by atoms with Crippen LogP contribution in [0.1, 0.15) is 23.0 Å². The van der Waals surface area contributed by atoms with Crippen molar-refractivity contribution in [1.82, 2.24) is 4.98 Å². The van der Waals surface area contributed by atoms with Gasteiger partial charge in [-0.05, 0) is 38.1 Å². The summed E-state index contributed by atoms with van der Waals surface area (Å²) in [7, 11) is 0. The van der Waals surface area contributed by atoms with Crippen molar-refractivity contribution in [3.63, 3.8) is 0 Å². The zero-order chi connectivity index (χ0) is 15.4. The van der Waals surface area contributed by atoms with Gasteiger partial charge in [-0.1, -0.05) is 23.7 Å². The van der Waals surface area contributed by atoms with Gasteiger partial charge >= 0.3 is 6.03 Å². The summed E-state index contributed by atoms with van der Waals surface area (Å²) in [4.78, 5) is 27.3. The highest BCUT2D eigenvalue weighted by atomic mass is 35.5. The maximum atomic E-state index is 11.9. The number of carbonyl (C=O) groups excluding carboxylic acids is 2. The first-order valence-electron chi connectivity index (χ1n) is 6.28. The van der Waals surface area contributed by atoms with Gasteiger partial charge in [-0.15, -0.1) is 0 Å². The van der Waals surface area contributed by atoms with E-state index in [1.54, 1.807) is 43.3 Å². The number of nitrogens with zero attached hydrogens (tertiary/aromatic N) is 1. The average molecular weight is 304 g/mol. The number of carbonyl (C=O) groups is 2. The van der Waals surface area contributed by atoms with Crippen molar-refractivity contribution in [3.8, 4) is 0 Å². The normalized spacial score (nSPS) is 10.0. The number of ketones is 1. The Labute approximate surface area is 127 Å². The zero-order valence-electron chi connectivity index (χ0n) is 11.6. The van der Waals surface area contributed by atoms with Crippen LogP contribution in [0.5, 0.6) is 0 Å². The molecule has 6 heteroatoms. The molecule has 1 aromatic heterocycles. The molecule has 2 aromatic rings. The highest BCUT2D eigenvalue weighted by Gasteiger charge is 2.07. The number of anilines is 2. The van der Waals surface area contributed by atoms with Crippen LogP contribution in [-0.2, 0) is 0 Å². The smallest absolute Gasteiger partial charge is 0.308 e. The van der Waals surface area contributed by atoms with E-state index < -0.39 is 6.03 Å². The fourth-order valence-corrected chi connectivity index (χ4v) is 1.95. The number of nitrogens with one attached hydrogen (secondary N) is 2. The Morgan fingerprint density at radius 2 is 1.90 bits per heavy atom. The number of halogens is 1. The highest BCUT2D eigenvalue weighted by molar-refractivity contribution is 6.29. The third-order valence-electron chi connectivity index (χ3n) is 2.83. The van der Waals surface area contributed by atoms with Crippen molar-refractivity contribution in [2.75, 3.05) is 10.6 Å². The summed E-state index contributed by atoms with van der Waals surface area (Å²) in [5.41, 5.74) is 2.27. The fraction of sp³-hybridized carbons (Fsp3) is 0.133. The zero-order valence-corrected chi connectivity index (χ0v) is 12.4. The van der Waals surface area contributed by atoms with Crippen molar-refractivity contribution in [2.45, 2.75) is 13.8 Å². The summed E-state index contributed by atoms with van der Waals surface area (Å²) in [5.74, 6) is -0.0585. The van der Waals surface area contributed by atoms with Crippen LogP contribution in [0.15, 0.2) is 36.4 Å². The second kappa shape index (κ2) is 6.37. The van der Waals surface area contributed by atoms with E-state index in [9.17, 15) is 9.59 Å². The largest absolute Gasteiger partial charge is 0.323 e. The quantitative estimate of drug-likeness (QED) is 0.667. The Kier molecular flexibility index (Phi) is 4.55. The minimum absolute atomic E-state index is 0.0585. The number of aryl methyl sites for hydroxylation is 1. The number of pyridine rings is 1. The predicted octanol–water partition coefficient (Wildman–Crippen LogP) is 3.89. The van der Waals surface area contributed by atoms with Crippen LogP contribution in [-0.4, -0.2) is 16.8 Å². The average Bonchev–Trinajstić information content (AvgIpc) is 2.42. The lowest BCUT2D eigenvalue weighted by Gasteiger charge is -2.10. The summed E-state index contributed by atoms with van der Waals surface area (Å²) < 4.78 is 0. The molecule has 5 nitrogen and oxygen atoms in total. The van der Waals surface area contributed by atoms with Crippen LogP contribution in [0.25, 0.3) is 0 Å². The molecule has 0 fully saturated rings. The summed E-state index contributed by atoms with van der Waals surface area (Å²) >= 11 is 5.76. The minimum Gasteiger partial charge on any atom is -0.308 e. The Bertz CT molecular complexity index is 701. The number of Topliss-reactive ketones (excluding diaryl/α,β-unsaturated/α-hetero) is 1. The van der Waals surface area contributed by atoms with Gasteiger partial charge in [0.1, 0.15) is 5.15 Å². The van der Waals surface area contributed by atoms with Gasteiger partial charge in [0, 0.05) is 11.3 Å². The maximum absolute atomic E-state index is 11.9. The third kappa shape index (κ3) is 4.03.